The molecule has 20 heavy (non-hydrogen) atoms. The quantitative estimate of drug-likeness (QED) is 0.665. The standard InChI is InChI=1S/C15H22N2O3/c1-2-12(10-16)14(18)17-13(15(19)20)9-8-11-6-4-3-5-7-11/h3-7,12-13H,2,8-10,16H2,1H3,(H,17,18)(H,19,20). The molecule has 0 aliphatic heterocycles. The van der Waals surface area contributed by atoms with Crippen LogP contribution in [0.5, 0.6) is 0 Å². The topological polar surface area (TPSA) is 92.4 Å². The number of carbonyl (C=O) groups excluding carboxylic acids is 1. The molecule has 0 saturated heterocycles. The average molecular weight is 278 g/mol. The summed E-state index contributed by atoms with van der Waals surface area (Å²) in [5, 5.41) is 11.8. The van der Waals surface area contributed by atoms with Gasteiger partial charge in [0.05, 0.1) is 0 Å². The number of nitrogens with two attached hydrogens (primary N) is 1. The second-order valence-corrected chi connectivity index (χ2v) is 4.76. The summed E-state index contributed by atoms with van der Waals surface area (Å²) in [6.45, 7) is 2.09. The fourth-order valence-corrected chi connectivity index (χ4v) is 1.96. The molecule has 1 aromatic carbocycles. The van der Waals surface area contributed by atoms with Crippen LogP contribution in [-0.2, 0) is 16.0 Å². The monoisotopic (exact) mass is 278 g/mol. The minimum atomic E-state index is -1.01. The number of benzene rings is 1. The first-order chi connectivity index (χ1) is 9.58. The van der Waals surface area contributed by atoms with E-state index in [-0.39, 0.29) is 18.4 Å². The molecule has 0 aromatic heterocycles. The maximum absolute atomic E-state index is 11.9. The second kappa shape index (κ2) is 8.32. The zero-order valence-corrected chi connectivity index (χ0v) is 11.7. The molecule has 1 rings (SSSR count). The van der Waals surface area contributed by atoms with Crippen LogP contribution in [0.15, 0.2) is 30.3 Å². The average Bonchev–Trinajstić information content (AvgIpc) is 2.45. The molecule has 2 unspecified atom stereocenters. The smallest absolute Gasteiger partial charge is 0.326 e. The summed E-state index contributed by atoms with van der Waals surface area (Å²) < 4.78 is 0. The number of carboxylic acids is 1. The normalized spacial score (nSPS) is 13.5. The van der Waals surface area contributed by atoms with E-state index in [0.717, 1.165) is 5.56 Å². The molecule has 0 bridgehead atoms. The van der Waals surface area contributed by atoms with Crippen LogP contribution in [0.25, 0.3) is 0 Å². The van der Waals surface area contributed by atoms with E-state index in [1.807, 2.05) is 37.3 Å². The van der Waals surface area contributed by atoms with E-state index in [0.29, 0.717) is 19.3 Å². The van der Waals surface area contributed by atoms with E-state index in [4.69, 9.17) is 5.73 Å². The third-order valence-electron chi connectivity index (χ3n) is 3.33. The number of rotatable bonds is 8. The lowest BCUT2D eigenvalue weighted by Crippen LogP contribution is -2.45. The maximum Gasteiger partial charge on any atom is 0.326 e. The number of carboxylic acid groups (broad SMARTS) is 1. The van der Waals surface area contributed by atoms with Crippen LogP contribution in [0.1, 0.15) is 25.3 Å². The number of carbonyl (C=O) groups is 2. The van der Waals surface area contributed by atoms with Gasteiger partial charge in [0.15, 0.2) is 0 Å². The third kappa shape index (κ3) is 5.01. The highest BCUT2D eigenvalue weighted by Crippen LogP contribution is 2.07. The van der Waals surface area contributed by atoms with Crippen molar-refractivity contribution in [1.82, 2.24) is 5.32 Å². The number of hydrogen-bond acceptors (Lipinski definition) is 3. The minimum Gasteiger partial charge on any atom is -0.480 e. The molecule has 0 aliphatic carbocycles. The highest BCUT2D eigenvalue weighted by molar-refractivity contribution is 5.85. The fraction of sp³-hybridized carbons (Fsp3) is 0.467. The summed E-state index contributed by atoms with van der Waals surface area (Å²) in [5.41, 5.74) is 6.55. The first kappa shape index (κ1) is 16.2. The largest absolute Gasteiger partial charge is 0.480 e. The summed E-state index contributed by atoms with van der Waals surface area (Å²) in [6, 6.07) is 8.73. The molecular weight excluding hydrogens is 256 g/mol. The Labute approximate surface area is 119 Å². The number of amides is 1. The molecule has 0 heterocycles. The Balaban J connectivity index is 2.57. The van der Waals surface area contributed by atoms with E-state index >= 15 is 0 Å². The predicted octanol–water partition coefficient (Wildman–Crippen LogP) is 1.17. The zero-order valence-electron chi connectivity index (χ0n) is 11.7. The summed E-state index contributed by atoms with van der Waals surface area (Å²) in [6.07, 6.45) is 1.58. The van der Waals surface area contributed by atoms with Crippen LogP contribution < -0.4 is 11.1 Å². The van der Waals surface area contributed by atoms with Crippen molar-refractivity contribution in [3.05, 3.63) is 35.9 Å². The van der Waals surface area contributed by atoms with Gasteiger partial charge in [0.1, 0.15) is 6.04 Å². The van der Waals surface area contributed by atoms with Gasteiger partial charge in [0.25, 0.3) is 0 Å². The molecular formula is C15H22N2O3. The molecule has 0 fully saturated rings. The van der Waals surface area contributed by atoms with E-state index in [1.54, 1.807) is 0 Å². The van der Waals surface area contributed by atoms with Crippen molar-refractivity contribution in [2.75, 3.05) is 6.54 Å². The van der Waals surface area contributed by atoms with Crippen molar-refractivity contribution in [2.45, 2.75) is 32.2 Å². The van der Waals surface area contributed by atoms with Crippen molar-refractivity contribution in [3.8, 4) is 0 Å². The van der Waals surface area contributed by atoms with Crippen LogP contribution in [0.2, 0.25) is 0 Å². The second-order valence-electron chi connectivity index (χ2n) is 4.76. The summed E-state index contributed by atoms with van der Waals surface area (Å²) in [4.78, 5) is 23.1. The Kier molecular flexibility index (Phi) is 6.73. The number of aliphatic carboxylic acids is 1. The molecule has 110 valence electrons. The van der Waals surface area contributed by atoms with Crippen LogP contribution in [0, 0.1) is 5.92 Å². The van der Waals surface area contributed by atoms with Gasteiger partial charge in [-0.05, 0) is 24.8 Å². The zero-order chi connectivity index (χ0) is 15.0. The number of nitrogens with one attached hydrogen (secondary N) is 1. The third-order valence-corrected chi connectivity index (χ3v) is 3.33. The van der Waals surface area contributed by atoms with Crippen molar-refractivity contribution in [1.29, 1.82) is 0 Å². The lowest BCUT2D eigenvalue weighted by atomic mass is 10.0. The summed E-state index contributed by atoms with van der Waals surface area (Å²) in [7, 11) is 0. The van der Waals surface area contributed by atoms with Crippen LogP contribution in [0.3, 0.4) is 0 Å². The lowest BCUT2D eigenvalue weighted by molar-refractivity contribution is -0.142. The highest BCUT2D eigenvalue weighted by atomic mass is 16.4. The SMILES string of the molecule is CCC(CN)C(=O)NC(CCc1ccccc1)C(=O)O. The van der Waals surface area contributed by atoms with Gasteiger partial charge in [-0.15, -0.1) is 0 Å². The van der Waals surface area contributed by atoms with Crippen LogP contribution >= 0.6 is 0 Å². The van der Waals surface area contributed by atoms with Gasteiger partial charge in [-0.25, -0.2) is 4.79 Å². The Morgan fingerprint density at radius 1 is 1.30 bits per heavy atom. The molecule has 4 N–H and O–H groups in total. The fourth-order valence-electron chi connectivity index (χ4n) is 1.96. The Bertz CT molecular complexity index is 430. The minimum absolute atomic E-state index is 0.230. The highest BCUT2D eigenvalue weighted by Gasteiger charge is 2.23. The lowest BCUT2D eigenvalue weighted by Gasteiger charge is -2.18. The molecule has 5 heteroatoms. The van der Waals surface area contributed by atoms with Crippen molar-refractivity contribution < 1.29 is 14.7 Å². The van der Waals surface area contributed by atoms with E-state index < -0.39 is 12.0 Å². The molecule has 0 aliphatic rings. The van der Waals surface area contributed by atoms with Crippen molar-refractivity contribution in [2.24, 2.45) is 11.7 Å². The number of hydrogen-bond donors (Lipinski definition) is 3. The van der Waals surface area contributed by atoms with Gasteiger partial charge in [-0.3, -0.25) is 4.79 Å². The molecule has 5 nitrogen and oxygen atoms in total. The summed E-state index contributed by atoms with van der Waals surface area (Å²) in [5.74, 6) is -1.62. The molecule has 1 amide bonds. The Morgan fingerprint density at radius 3 is 2.45 bits per heavy atom. The Morgan fingerprint density at radius 2 is 1.95 bits per heavy atom. The van der Waals surface area contributed by atoms with Crippen LogP contribution in [-0.4, -0.2) is 29.6 Å². The molecule has 2 atom stereocenters. The predicted molar refractivity (Wildman–Crippen MR) is 77.2 cm³/mol. The van der Waals surface area contributed by atoms with Gasteiger partial charge in [-0.1, -0.05) is 37.3 Å². The van der Waals surface area contributed by atoms with Crippen molar-refractivity contribution >= 4 is 11.9 Å². The van der Waals surface area contributed by atoms with Crippen molar-refractivity contribution in [3.63, 3.8) is 0 Å². The molecule has 0 radical (unpaired) electrons. The van der Waals surface area contributed by atoms with Gasteiger partial charge in [0, 0.05) is 12.5 Å². The first-order valence-electron chi connectivity index (χ1n) is 6.85. The Hall–Kier alpha value is -1.88. The maximum atomic E-state index is 11.9. The van der Waals surface area contributed by atoms with E-state index in [2.05, 4.69) is 5.32 Å². The van der Waals surface area contributed by atoms with Gasteiger partial charge >= 0.3 is 5.97 Å². The molecule has 1 aromatic rings. The number of aryl methyl sites for hydroxylation is 1. The summed E-state index contributed by atoms with van der Waals surface area (Å²) >= 11 is 0. The molecule has 0 saturated carbocycles. The first-order valence-corrected chi connectivity index (χ1v) is 6.85. The van der Waals surface area contributed by atoms with E-state index in [1.165, 1.54) is 0 Å². The van der Waals surface area contributed by atoms with Gasteiger partial charge in [0.2, 0.25) is 5.91 Å². The van der Waals surface area contributed by atoms with E-state index in [9.17, 15) is 14.7 Å². The molecule has 0 spiro atoms. The van der Waals surface area contributed by atoms with Gasteiger partial charge < -0.3 is 16.2 Å². The van der Waals surface area contributed by atoms with Gasteiger partial charge in [-0.2, -0.15) is 0 Å². The van der Waals surface area contributed by atoms with Crippen LogP contribution in [0.4, 0.5) is 0 Å².